The van der Waals surface area contributed by atoms with Crippen molar-refractivity contribution >= 4 is 17.6 Å². The smallest absolute Gasteiger partial charge is 0.230 e. The van der Waals surface area contributed by atoms with Gasteiger partial charge < -0.3 is 10.2 Å². The van der Waals surface area contributed by atoms with E-state index < -0.39 is 0 Å². The number of nitrogens with zero attached hydrogens (tertiary/aromatic N) is 2. The van der Waals surface area contributed by atoms with Crippen molar-refractivity contribution in [3.63, 3.8) is 0 Å². The van der Waals surface area contributed by atoms with Crippen LogP contribution in [-0.2, 0) is 16.0 Å². The highest BCUT2D eigenvalue weighted by molar-refractivity contribution is 5.96. The molecular formula is C19H21N3O2. The van der Waals surface area contributed by atoms with Crippen LogP contribution < -0.4 is 5.32 Å². The second-order valence-electron chi connectivity index (χ2n) is 6.13. The van der Waals surface area contributed by atoms with Crippen molar-refractivity contribution < 1.29 is 9.59 Å². The lowest BCUT2D eigenvalue weighted by Crippen LogP contribution is -2.30. The quantitative estimate of drug-likeness (QED) is 0.919. The number of likely N-dealkylation sites (tertiary alicyclic amines) is 1. The lowest BCUT2D eigenvalue weighted by molar-refractivity contribution is -0.128. The number of aromatic nitrogens is 1. The fraction of sp³-hybridized carbons (Fsp3) is 0.316. The number of anilines is 1. The average molecular weight is 323 g/mol. The normalized spacial score (nSPS) is 17.1. The van der Waals surface area contributed by atoms with Crippen LogP contribution in [0.3, 0.4) is 0 Å². The number of benzene rings is 1. The predicted molar refractivity (Wildman–Crippen MR) is 92.4 cm³/mol. The second-order valence-corrected chi connectivity index (χ2v) is 6.13. The Bertz CT molecular complexity index is 730. The summed E-state index contributed by atoms with van der Waals surface area (Å²) < 4.78 is 0. The molecule has 1 aliphatic rings. The van der Waals surface area contributed by atoms with E-state index in [0.717, 1.165) is 12.1 Å². The fourth-order valence-electron chi connectivity index (χ4n) is 2.91. The molecule has 24 heavy (non-hydrogen) atoms. The third-order valence-corrected chi connectivity index (χ3v) is 4.24. The molecule has 0 saturated carbocycles. The van der Waals surface area contributed by atoms with E-state index in [1.807, 2.05) is 49.4 Å². The minimum Gasteiger partial charge on any atom is -0.342 e. The summed E-state index contributed by atoms with van der Waals surface area (Å²) in [5, 5.41) is 2.81. The summed E-state index contributed by atoms with van der Waals surface area (Å²) in [5.74, 6) is 0.137. The van der Waals surface area contributed by atoms with E-state index in [1.165, 1.54) is 5.56 Å². The largest absolute Gasteiger partial charge is 0.342 e. The van der Waals surface area contributed by atoms with Gasteiger partial charge in [0.1, 0.15) is 5.82 Å². The Morgan fingerprint density at radius 1 is 1.21 bits per heavy atom. The maximum atomic E-state index is 12.4. The van der Waals surface area contributed by atoms with Gasteiger partial charge >= 0.3 is 0 Å². The third kappa shape index (κ3) is 3.98. The van der Waals surface area contributed by atoms with Gasteiger partial charge in [0, 0.05) is 25.2 Å². The zero-order valence-electron chi connectivity index (χ0n) is 13.7. The fourth-order valence-corrected chi connectivity index (χ4v) is 2.91. The van der Waals surface area contributed by atoms with Gasteiger partial charge in [-0.2, -0.15) is 0 Å². The summed E-state index contributed by atoms with van der Waals surface area (Å²) in [6.45, 7) is 3.00. The molecule has 124 valence electrons. The molecule has 0 aliphatic carbocycles. The molecule has 2 amide bonds. The average Bonchev–Trinajstić information content (AvgIpc) is 2.95. The number of carbonyl (C=O) groups excluding carboxylic acids is 2. The topological polar surface area (TPSA) is 62.3 Å². The van der Waals surface area contributed by atoms with Crippen LogP contribution in [0.25, 0.3) is 0 Å². The molecule has 1 N–H and O–H groups in total. The first kappa shape index (κ1) is 16.2. The van der Waals surface area contributed by atoms with Gasteiger partial charge in [-0.3, -0.25) is 9.59 Å². The zero-order valence-corrected chi connectivity index (χ0v) is 13.7. The summed E-state index contributed by atoms with van der Waals surface area (Å²) in [7, 11) is 0. The Balaban J connectivity index is 1.55. The van der Waals surface area contributed by atoms with E-state index in [2.05, 4.69) is 10.3 Å². The summed E-state index contributed by atoms with van der Waals surface area (Å²) in [6, 6.07) is 15.5. The summed E-state index contributed by atoms with van der Waals surface area (Å²) in [5.41, 5.74) is 2.04. The molecule has 0 radical (unpaired) electrons. The number of nitrogens with one attached hydrogen (secondary N) is 1. The Morgan fingerprint density at radius 2 is 2.00 bits per heavy atom. The molecular weight excluding hydrogens is 302 g/mol. The van der Waals surface area contributed by atoms with Crippen LogP contribution in [0.5, 0.6) is 0 Å². The lowest BCUT2D eigenvalue weighted by Gasteiger charge is -2.16. The molecule has 1 saturated heterocycles. The summed E-state index contributed by atoms with van der Waals surface area (Å²) in [4.78, 5) is 30.6. The standard InChI is InChI=1S/C19H21N3O2/c1-14-6-5-9-17(20-14)21-19(24)16-12-18(23)22(13-16)11-10-15-7-3-2-4-8-15/h2-9,16H,10-13H2,1H3,(H,20,21,24)/t16-/m0/s1. The molecule has 1 atom stereocenters. The van der Waals surface area contributed by atoms with Gasteiger partial charge in [0.15, 0.2) is 0 Å². The van der Waals surface area contributed by atoms with Gasteiger partial charge in [0.25, 0.3) is 0 Å². The van der Waals surface area contributed by atoms with E-state index >= 15 is 0 Å². The van der Waals surface area contributed by atoms with Gasteiger partial charge in [-0.1, -0.05) is 36.4 Å². The SMILES string of the molecule is Cc1cccc(NC(=O)[C@H]2CC(=O)N(CCc3ccccc3)C2)n1. The van der Waals surface area contributed by atoms with E-state index in [4.69, 9.17) is 0 Å². The lowest BCUT2D eigenvalue weighted by atomic mass is 10.1. The molecule has 5 heteroatoms. The molecule has 1 fully saturated rings. The summed E-state index contributed by atoms with van der Waals surface area (Å²) >= 11 is 0. The minimum atomic E-state index is -0.310. The molecule has 1 aromatic heterocycles. The van der Waals surface area contributed by atoms with Crippen molar-refractivity contribution in [2.24, 2.45) is 5.92 Å². The highest BCUT2D eigenvalue weighted by Crippen LogP contribution is 2.20. The van der Waals surface area contributed by atoms with Crippen LogP contribution in [-0.4, -0.2) is 34.8 Å². The first-order valence-electron chi connectivity index (χ1n) is 8.18. The van der Waals surface area contributed by atoms with Crippen LogP contribution in [0.1, 0.15) is 17.7 Å². The van der Waals surface area contributed by atoms with Crippen molar-refractivity contribution in [1.82, 2.24) is 9.88 Å². The number of pyridine rings is 1. The molecule has 5 nitrogen and oxygen atoms in total. The first-order chi connectivity index (χ1) is 11.6. The zero-order chi connectivity index (χ0) is 16.9. The maximum absolute atomic E-state index is 12.4. The van der Waals surface area contributed by atoms with Crippen LogP contribution in [0.2, 0.25) is 0 Å². The first-order valence-corrected chi connectivity index (χ1v) is 8.18. The predicted octanol–water partition coefficient (Wildman–Crippen LogP) is 2.42. The van der Waals surface area contributed by atoms with Gasteiger partial charge in [-0.25, -0.2) is 4.98 Å². The van der Waals surface area contributed by atoms with Gasteiger partial charge in [-0.05, 0) is 31.0 Å². The number of hydrogen-bond acceptors (Lipinski definition) is 3. The van der Waals surface area contributed by atoms with Crippen LogP contribution >= 0.6 is 0 Å². The Morgan fingerprint density at radius 3 is 2.75 bits per heavy atom. The minimum absolute atomic E-state index is 0.0447. The molecule has 1 aliphatic heterocycles. The van der Waals surface area contributed by atoms with E-state index in [0.29, 0.717) is 18.9 Å². The second kappa shape index (κ2) is 7.25. The molecule has 2 aromatic rings. The monoisotopic (exact) mass is 323 g/mol. The number of aryl methyl sites for hydroxylation is 1. The van der Waals surface area contributed by atoms with Crippen LogP contribution in [0.4, 0.5) is 5.82 Å². The highest BCUT2D eigenvalue weighted by Gasteiger charge is 2.34. The van der Waals surface area contributed by atoms with Crippen molar-refractivity contribution in [3.05, 3.63) is 59.8 Å². The third-order valence-electron chi connectivity index (χ3n) is 4.24. The molecule has 1 aromatic carbocycles. The number of hydrogen-bond donors (Lipinski definition) is 1. The number of rotatable bonds is 5. The van der Waals surface area contributed by atoms with Crippen molar-refractivity contribution in [3.8, 4) is 0 Å². The number of carbonyl (C=O) groups is 2. The molecule has 2 heterocycles. The summed E-state index contributed by atoms with van der Waals surface area (Å²) in [6.07, 6.45) is 1.08. The van der Waals surface area contributed by atoms with E-state index in [-0.39, 0.29) is 24.2 Å². The molecule has 0 spiro atoms. The van der Waals surface area contributed by atoms with E-state index in [1.54, 1.807) is 11.0 Å². The van der Waals surface area contributed by atoms with Crippen LogP contribution in [0, 0.1) is 12.8 Å². The van der Waals surface area contributed by atoms with Gasteiger partial charge in [-0.15, -0.1) is 0 Å². The van der Waals surface area contributed by atoms with Gasteiger partial charge in [0.2, 0.25) is 11.8 Å². The maximum Gasteiger partial charge on any atom is 0.230 e. The van der Waals surface area contributed by atoms with Gasteiger partial charge in [0.05, 0.1) is 5.92 Å². The number of amides is 2. The van der Waals surface area contributed by atoms with Crippen molar-refractivity contribution in [2.45, 2.75) is 19.8 Å². The Labute approximate surface area is 141 Å². The van der Waals surface area contributed by atoms with Crippen LogP contribution in [0.15, 0.2) is 48.5 Å². The molecule has 0 bridgehead atoms. The Kier molecular flexibility index (Phi) is 4.89. The highest BCUT2D eigenvalue weighted by atomic mass is 16.2. The van der Waals surface area contributed by atoms with Crippen molar-refractivity contribution in [2.75, 3.05) is 18.4 Å². The molecule has 0 unspecified atom stereocenters. The van der Waals surface area contributed by atoms with E-state index in [9.17, 15) is 9.59 Å². The van der Waals surface area contributed by atoms with Crippen molar-refractivity contribution in [1.29, 1.82) is 0 Å². The molecule has 3 rings (SSSR count). The Hall–Kier alpha value is -2.69.